The molecule has 5 rings (SSSR count). The topological polar surface area (TPSA) is 70.2 Å². The quantitative estimate of drug-likeness (QED) is 0.357. The summed E-state index contributed by atoms with van der Waals surface area (Å²) in [5.74, 6) is 0.334. The van der Waals surface area contributed by atoms with Crippen LogP contribution >= 0.6 is 0 Å². The summed E-state index contributed by atoms with van der Waals surface area (Å²) in [7, 11) is 0. The third-order valence-corrected chi connectivity index (χ3v) is 6.58. The lowest BCUT2D eigenvalue weighted by Crippen LogP contribution is -2.15. The highest BCUT2D eigenvalue weighted by molar-refractivity contribution is 6.09. The van der Waals surface area contributed by atoms with Crippen molar-refractivity contribution in [3.8, 4) is 11.3 Å². The highest BCUT2D eigenvalue weighted by Crippen LogP contribution is 2.44. The van der Waals surface area contributed by atoms with E-state index in [1.54, 1.807) is 12.3 Å². The van der Waals surface area contributed by atoms with E-state index >= 15 is 0 Å². The zero-order chi connectivity index (χ0) is 22.7. The Morgan fingerprint density at radius 1 is 0.938 bits per heavy atom. The molecule has 2 N–H and O–H groups in total. The second-order valence-electron chi connectivity index (χ2n) is 9.82. The molecule has 0 spiro atoms. The number of H-pyrrole nitrogens is 2. The van der Waals surface area contributed by atoms with E-state index in [2.05, 4.69) is 47.2 Å². The van der Waals surface area contributed by atoms with Gasteiger partial charge in [0, 0.05) is 10.8 Å². The van der Waals surface area contributed by atoms with Crippen LogP contribution < -0.4 is 0 Å². The third-order valence-electron chi connectivity index (χ3n) is 6.58. The van der Waals surface area contributed by atoms with E-state index in [1.807, 2.05) is 0 Å². The molecule has 32 heavy (non-hydrogen) atoms. The Kier molecular flexibility index (Phi) is 4.80. The van der Waals surface area contributed by atoms with Crippen LogP contribution in [-0.4, -0.2) is 25.4 Å². The normalized spacial score (nSPS) is 16.3. The van der Waals surface area contributed by atoms with Gasteiger partial charge in [0.1, 0.15) is 5.69 Å². The van der Waals surface area contributed by atoms with Gasteiger partial charge in [0.05, 0.1) is 34.7 Å². The number of hydrogen-bond donors (Lipinski definition) is 2. The van der Waals surface area contributed by atoms with E-state index in [0.717, 1.165) is 58.6 Å². The number of hydrogen-bond acceptors (Lipinski definition) is 3. The van der Waals surface area contributed by atoms with Crippen LogP contribution in [0.1, 0.15) is 75.6 Å². The predicted octanol–water partition coefficient (Wildman–Crippen LogP) is 6.87. The minimum atomic E-state index is -4.54. The molecule has 8 heteroatoms. The van der Waals surface area contributed by atoms with Gasteiger partial charge in [-0.2, -0.15) is 23.4 Å². The second-order valence-corrected chi connectivity index (χ2v) is 9.82. The molecule has 0 amide bonds. The Balaban J connectivity index is 1.87. The summed E-state index contributed by atoms with van der Waals surface area (Å²) in [5.41, 5.74) is 2.87. The van der Waals surface area contributed by atoms with Crippen molar-refractivity contribution in [1.82, 2.24) is 25.4 Å². The zero-order valence-corrected chi connectivity index (χ0v) is 18.4. The minimum Gasteiger partial charge on any atom is -0.278 e. The van der Waals surface area contributed by atoms with Gasteiger partial charge in [0.25, 0.3) is 0 Å². The van der Waals surface area contributed by atoms with Gasteiger partial charge in [0.2, 0.25) is 0 Å². The summed E-state index contributed by atoms with van der Waals surface area (Å²) in [6.45, 7) is 6.22. The van der Waals surface area contributed by atoms with Crippen LogP contribution in [0.3, 0.4) is 0 Å². The monoisotopic (exact) mass is 441 g/mol. The SMILES string of the molecule is CC(C)(C)c1cc(-c2cn[nH]c2C(F)(F)F)nc2c(C3CCCCC3)cc3[nH]ncc3c12. The van der Waals surface area contributed by atoms with Gasteiger partial charge in [-0.15, -0.1) is 0 Å². The fourth-order valence-electron chi connectivity index (χ4n) is 5.01. The van der Waals surface area contributed by atoms with E-state index in [1.165, 1.54) is 12.6 Å². The summed E-state index contributed by atoms with van der Waals surface area (Å²) in [6.07, 6.45) is 4.12. The maximum Gasteiger partial charge on any atom is 0.433 e. The maximum absolute atomic E-state index is 13.6. The predicted molar refractivity (Wildman–Crippen MR) is 119 cm³/mol. The number of aromatic amines is 2. The maximum atomic E-state index is 13.6. The summed E-state index contributed by atoms with van der Waals surface area (Å²) < 4.78 is 40.9. The van der Waals surface area contributed by atoms with E-state index < -0.39 is 11.9 Å². The molecule has 0 aliphatic heterocycles. The molecule has 1 aliphatic rings. The summed E-state index contributed by atoms with van der Waals surface area (Å²) in [4.78, 5) is 4.87. The first-order chi connectivity index (χ1) is 15.1. The van der Waals surface area contributed by atoms with Gasteiger partial charge in [-0.25, -0.2) is 4.98 Å². The Labute approximate surface area is 183 Å². The number of fused-ring (bicyclic) bond motifs is 3. The number of alkyl halides is 3. The summed E-state index contributed by atoms with van der Waals surface area (Å²) in [6, 6.07) is 3.89. The van der Waals surface area contributed by atoms with E-state index in [-0.39, 0.29) is 11.0 Å². The number of benzene rings is 1. The molecule has 1 aromatic carbocycles. The third kappa shape index (κ3) is 3.45. The number of aromatic nitrogens is 5. The van der Waals surface area contributed by atoms with Gasteiger partial charge in [-0.05, 0) is 47.4 Å². The van der Waals surface area contributed by atoms with Gasteiger partial charge in [-0.1, -0.05) is 40.0 Å². The fourth-order valence-corrected chi connectivity index (χ4v) is 5.01. The Bertz CT molecular complexity index is 1290. The molecule has 5 nitrogen and oxygen atoms in total. The van der Waals surface area contributed by atoms with E-state index in [0.29, 0.717) is 11.6 Å². The van der Waals surface area contributed by atoms with Crippen molar-refractivity contribution in [3.63, 3.8) is 0 Å². The number of halogens is 3. The molecule has 1 aliphatic carbocycles. The van der Waals surface area contributed by atoms with Crippen molar-refractivity contribution < 1.29 is 13.2 Å². The molecule has 1 saturated carbocycles. The molecule has 1 fully saturated rings. The lowest BCUT2D eigenvalue weighted by molar-refractivity contribution is -0.140. The molecule has 4 aromatic rings. The molecular weight excluding hydrogens is 415 g/mol. The minimum absolute atomic E-state index is 0.0215. The van der Waals surface area contributed by atoms with Gasteiger partial charge in [0.15, 0.2) is 0 Å². The molecule has 0 saturated heterocycles. The number of pyridine rings is 1. The lowest BCUT2D eigenvalue weighted by Gasteiger charge is -2.27. The molecule has 0 bridgehead atoms. The van der Waals surface area contributed by atoms with Crippen molar-refractivity contribution in [2.24, 2.45) is 0 Å². The smallest absolute Gasteiger partial charge is 0.278 e. The van der Waals surface area contributed by atoms with Crippen LogP contribution in [0.25, 0.3) is 33.1 Å². The Morgan fingerprint density at radius 3 is 2.34 bits per heavy atom. The molecule has 168 valence electrons. The molecule has 0 atom stereocenters. The fraction of sp³-hybridized carbons (Fsp3) is 0.458. The van der Waals surface area contributed by atoms with Crippen LogP contribution in [0, 0.1) is 0 Å². The first-order valence-corrected chi connectivity index (χ1v) is 11.1. The van der Waals surface area contributed by atoms with Crippen LogP contribution in [0.4, 0.5) is 13.2 Å². The highest BCUT2D eigenvalue weighted by atomic mass is 19.4. The summed E-state index contributed by atoms with van der Waals surface area (Å²) in [5, 5.41) is 15.1. The lowest BCUT2D eigenvalue weighted by atomic mass is 9.79. The average Bonchev–Trinajstić information content (AvgIpc) is 3.41. The van der Waals surface area contributed by atoms with Crippen molar-refractivity contribution in [3.05, 3.63) is 41.3 Å². The largest absolute Gasteiger partial charge is 0.433 e. The van der Waals surface area contributed by atoms with Crippen LogP contribution in [0.5, 0.6) is 0 Å². The molecule has 0 unspecified atom stereocenters. The number of nitrogens with one attached hydrogen (secondary N) is 2. The second kappa shape index (κ2) is 7.32. The summed E-state index contributed by atoms with van der Waals surface area (Å²) >= 11 is 0. The van der Waals surface area contributed by atoms with Crippen molar-refractivity contribution in [2.45, 2.75) is 70.4 Å². The van der Waals surface area contributed by atoms with Crippen LogP contribution in [0.15, 0.2) is 24.5 Å². The average molecular weight is 442 g/mol. The van der Waals surface area contributed by atoms with Gasteiger partial charge < -0.3 is 0 Å². The van der Waals surface area contributed by atoms with Gasteiger partial charge in [-0.3, -0.25) is 10.2 Å². The number of rotatable bonds is 2. The van der Waals surface area contributed by atoms with E-state index in [4.69, 9.17) is 4.98 Å². The first kappa shape index (κ1) is 21.0. The van der Waals surface area contributed by atoms with E-state index in [9.17, 15) is 13.2 Å². The van der Waals surface area contributed by atoms with Crippen LogP contribution in [-0.2, 0) is 11.6 Å². The van der Waals surface area contributed by atoms with Gasteiger partial charge >= 0.3 is 6.18 Å². The van der Waals surface area contributed by atoms with Crippen molar-refractivity contribution >= 4 is 21.8 Å². The standard InChI is InChI=1S/C24H26F3N5/c1-23(2,3)17-10-18(16-12-29-32-22(16)24(25,26)27)30-21-14(13-7-5-4-6-8-13)9-19-15(20(17)21)11-28-31-19/h9-13H,4-8H2,1-3H3,(H,28,31)(H,29,32). The molecule has 3 aromatic heterocycles. The van der Waals surface area contributed by atoms with Crippen LogP contribution in [0.2, 0.25) is 0 Å². The highest BCUT2D eigenvalue weighted by Gasteiger charge is 2.37. The number of nitrogens with zero attached hydrogens (tertiary/aromatic N) is 3. The van der Waals surface area contributed by atoms with Crippen molar-refractivity contribution in [2.75, 3.05) is 0 Å². The molecule has 0 radical (unpaired) electrons. The zero-order valence-electron chi connectivity index (χ0n) is 18.4. The molecule has 3 heterocycles. The Morgan fingerprint density at radius 2 is 1.66 bits per heavy atom. The molecular formula is C24H26F3N5. The van der Waals surface area contributed by atoms with Crippen molar-refractivity contribution in [1.29, 1.82) is 0 Å². The Hall–Kier alpha value is -2.90. The first-order valence-electron chi connectivity index (χ1n) is 11.1.